The van der Waals surface area contributed by atoms with Gasteiger partial charge in [0.15, 0.2) is 11.5 Å². The summed E-state index contributed by atoms with van der Waals surface area (Å²) < 4.78 is 12.7. The van der Waals surface area contributed by atoms with E-state index in [0.29, 0.717) is 31.1 Å². The summed E-state index contributed by atoms with van der Waals surface area (Å²) in [5.74, 6) is -0.204. The van der Waals surface area contributed by atoms with Gasteiger partial charge in [0.2, 0.25) is 0 Å². The summed E-state index contributed by atoms with van der Waals surface area (Å²) in [4.78, 5) is 39.5. The fourth-order valence-corrected chi connectivity index (χ4v) is 5.14. The number of hydrogen-bond donors (Lipinski definition) is 0. The summed E-state index contributed by atoms with van der Waals surface area (Å²) in [5, 5.41) is -0.315. The van der Waals surface area contributed by atoms with Crippen molar-refractivity contribution in [3.63, 3.8) is 0 Å². The molecule has 34 heavy (non-hydrogen) atoms. The predicted octanol–water partition coefficient (Wildman–Crippen LogP) is 6.36. The number of rotatable bonds is 6. The Hall–Kier alpha value is -2.38. The van der Waals surface area contributed by atoms with Crippen LogP contribution < -0.4 is 9.47 Å². The molecule has 172 valence electrons. The third kappa shape index (κ3) is 5.63. The second kappa shape index (κ2) is 10.9. The number of halogens is 2. The van der Waals surface area contributed by atoms with Crippen LogP contribution in [0.5, 0.6) is 11.5 Å². The summed E-state index contributed by atoms with van der Waals surface area (Å²) in [6.45, 7) is 0.216. The summed E-state index contributed by atoms with van der Waals surface area (Å²) in [5.41, 5.74) is 1.96. The minimum absolute atomic E-state index is 0.216. The van der Waals surface area contributed by atoms with E-state index in [1.807, 2.05) is 52.9 Å². The van der Waals surface area contributed by atoms with E-state index in [2.05, 4.69) is 22.6 Å². The quantitative estimate of drug-likeness (QED) is 0.129. The van der Waals surface area contributed by atoms with Gasteiger partial charge in [-0.3, -0.25) is 14.5 Å². The number of amides is 2. The summed E-state index contributed by atoms with van der Waals surface area (Å²) >= 11 is 5.15. The van der Waals surface area contributed by atoms with Gasteiger partial charge in [-0.15, -0.1) is 0 Å². The number of thioether (sulfide) groups is 1. The van der Waals surface area contributed by atoms with Crippen molar-refractivity contribution >= 4 is 80.1 Å². The molecule has 1 fully saturated rings. The van der Waals surface area contributed by atoms with Gasteiger partial charge in [-0.25, -0.2) is 4.79 Å². The Morgan fingerprint density at radius 2 is 1.74 bits per heavy atom. The highest BCUT2D eigenvalue weighted by Gasteiger charge is 2.35. The van der Waals surface area contributed by atoms with Crippen LogP contribution in [0.15, 0.2) is 71.6 Å². The zero-order valence-electron chi connectivity index (χ0n) is 17.8. The zero-order chi connectivity index (χ0) is 24.2. The number of esters is 1. The van der Waals surface area contributed by atoms with Crippen LogP contribution >= 0.6 is 56.9 Å². The SMILES string of the molecule is COc1cc(/C=C2\SC(=O)N(Cc3ccc(I)cc3)C2=O)cc(I)c1OC(=O)c1ccccc1. The van der Waals surface area contributed by atoms with Crippen molar-refractivity contribution < 1.29 is 23.9 Å². The van der Waals surface area contributed by atoms with Gasteiger partial charge < -0.3 is 9.47 Å². The Morgan fingerprint density at radius 3 is 2.41 bits per heavy atom. The number of ether oxygens (including phenoxy) is 2. The van der Waals surface area contributed by atoms with Gasteiger partial charge in [-0.05, 0) is 111 Å². The van der Waals surface area contributed by atoms with Gasteiger partial charge in [0.1, 0.15) is 0 Å². The first-order valence-electron chi connectivity index (χ1n) is 10.0. The lowest BCUT2D eigenvalue weighted by Gasteiger charge is -2.13. The standard InChI is InChI=1S/C25H17I2NO5S/c1-32-20-12-16(11-19(27)22(20)33-24(30)17-5-3-2-4-6-17)13-21-23(29)28(25(31)34-21)14-15-7-9-18(26)10-8-15/h2-13H,14H2,1H3/b21-13-. The third-order valence-electron chi connectivity index (χ3n) is 4.88. The highest BCUT2D eigenvalue weighted by Crippen LogP contribution is 2.38. The van der Waals surface area contributed by atoms with Crippen LogP contribution in [0.1, 0.15) is 21.5 Å². The molecule has 0 spiro atoms. The lowest BCUT2D eigenvalue weighted by molar-refractivity contribution is -0.123. The van der Waals surface area contributed by atoms with Gasteiger partial charge in [0.05, 0.1) is 27.7 Å². The molecular formula is C25H17I2NO5S. The second-order valence-corrected chi connectivity index (χ2v) is 10.6. The van der Waals surface area contributed by atoms with E-state index in [1.165, 1.54) is 12.0 Å². The Kier molecular flexibility index (Phi) is 7.94. The molecule has 1 aliphatic rings. The van der Waals surface area contributed by atoms with E-state index in [9.17, 15) is 14.4 Å². The maximum atomic E-state index is 12.9. The van der Waals surface area contributed by atoms with Crippen LogP contribution in [-0.2, 0) is 11.3 Å². The number of carbonyl (C=O) groups excluding carboxylic acids is 3. The van der Waals surface area contributed by atoms with Crippen LogP contribution in [0.3, 0.4) is 0 Å². The van der Waals surface area contributed by atoms with Crippen molar-refractivity contribution in [3.8, 4) is 11.5 Å². The van der Waals surface area contributed by atoms with Crippen molar-refractivity contribution in [2.75, 3.05) is 7.11 Å². The molecule has 0 N–H and O–H groups in total. The summed E-state index contributed by atoms with van der Waals surface area (Å²) in [6.07, 6.45) is 1.65. The molecule has 4 rings (SSSR count). The average Bonchev–Trinajstić information content (AvgIpc) is 3.09. The molecule has 0 unspecified atom stereocenters. The van der Waals surface area contributed by atoms with Crippen LogP contribution in [0.25, 0.3) is 6.08 Å². The summed E-state index contributed by atoms with van der Waals surface area (Å²) in [6, 6.07) is 19.8. The van der Waals surface area contributed by atoms with Crippen molar-refractivity contribution in [1.82, 2.24) is 4.90 Å². The van der Waals surface area contributed by atoms with Gasteiger partial charge in [0, 0.05) is 3.57 Å². The van der Waals surface area contributed by atoms with E-state index in [1.54, 1.807) is 42.5 Å². The van der Waals surface area contributed by atoms with E-state index in [-0.39, 0.29) is 17.7 Å². The smallest absolute Gasteiger partial charge is 0.343 e. The third-order valence-corrected chi connectivity index (χ3v) is 7.31. The van der Waals surface area contributed by atoms with Gasteiger partial charge >= 0.3 is 5.97 Å². The molecule has 0 aliphatic carbocycles. The number of imide groups is 1. The Morgan fingerprint density at radius 1 is 1.03 bits per heavy atom. The maximum Gasteiger partial charge on any atom is 0.343 e. The Labute approximate surface area is 228 Å². The molecular weight excluding hydrogens is 680 g/mol. The van der Waals surface area contributed by atoms with E-state index < -0.39 is 5.97 Å². The van der Waals surface area contributed by atoms with E-state index in [0.717, 1.165) is 20.9 Å². The normalized spacial score (nSPS) is 14.6. The number of benzene rings is 3. The van der Waals surface area contributed by atoms with Crippen LogP contribution in [0.4, 0.5) is 4.79 Å². The molecule has 1 heterocycles. The predicted molar refractivity (Wildman–Crippen MR) is 148 cm³/mol. The van der Waals surface area contributed by atoms with Gasteiger partial charge in [-0.2, -0.15) is 0 Å². The molecule has 3 aromatic carbocycles. The van der Waals surface area contributed by atoms with Crippen LogP contribution in [0, 0.1) is 7.14 Å². The van der Waals surface area contributed by atoms with Gasteiger partial charge in [-0.1, -0.05) is 30.3 Å². The molecule has 1 aliphatic heterocycles. The first-order chi connectivity index (χ1) is 16.4. The van der Waals surface area contributed by atoms with Crippen LogP contribution in [-0.4, -0.2) is 29.1 Å². The topological polar surface area (TPSA) is 72.9 Å². The summed E-state index contributed by atoms with van der Waals surface area (Å²) in [7, 11) is 1.48. The van der Waals surface area contributed by atoms with Crippen molar-refractivity contribution in [2.45, 2.75) is 6.54 Å². The van der Waals surface area contributed by atoms with Crippen molar-refractivity contribution in [3.05, 3.63) is 95.5 Å². The average molecular weight is 697 g/mol. The fraction of sp³-hybridized carbons (Fsp3) is 0.0800. The Balaban J connectivity index is 1.56. The maximum absolute atomic E-state index is 12.9. The van der Waals surface area contributed by atoms with Crippen molar-refractivity contribution in [2.24, 2.45) is 0 Å². The lowest BCUT2D eigenvalue weighted by atomic mass is 10.1. The lowest BCUT2D eigenvalue weighted by Crippen LogP contribution is -2.27. The molecule has 6 nitrogen and oxygen atoms in total. The highest BCUT2D eigenvalue weighted by molar-refractivity contribution is 14.1. The monoisotopic (exact) mass is 697 g/mol. The largest absolute Gasteiger partial charge is 0.493 e. The minimum Gasteiger partial charge on any atom is -0.493 e. The van der Waals surface area contributed by atoms with Crippen LogP contribution in [0.2, 0.25) is 0 Å². The van der Waals surface area contributed by atoms with Crippen molar-refractivity contribution in [1.29, 1.82) is 0 Å². The molecule has 0 aromatic heterocycles. The number of hydrogen-bond acceptors (Lipinski definition) is 6. The zero-order valence-corrected chi connectivity index (χ0v) is 22.9. The molecule has 3 aromatic rings. The number of nitrogens with zero attached hydrogens (tertiary/aromatic N) is 1. The molecule has 1 saturated heterocycles. The molecule has 9 heteroatoms. The first kappa shape index (κ1) is 24.7. The Bertz CT molecular complexity index is 1290. The fourth-order valence-electron chi connectivity index (χ4n) is 3.21. The molecule has 0 atom stereocenters. The molecule has 0 radical (unpaired) electrons. The first-order valence-corrected chi connectivity index (χ1v) is 13.0. The van der Waals surface area contributed by atoms with E-state index in [4.69, 9.17) is 9.47 Å². The number of carbonyl (C=O) groups is 3. The molecule has 2 amide bonds. The highest BCUT2D eigenvalue weighted by atomic mass is 127. The second-order valence-electron chi connectivity index (χ2n) is 7.18. The molecule has 0 saturated carbocycles. The number of methoxy groups -OCH3 is 1. The van der Waals surface area contributed by atoms with Gasteiger partial charge in [0.25, 0.3) is 11.1 Å². The minimum atomic E-state index is -0.499. The molecule has 0 bridgehead atoms. The van der Waals surface area contributed by atoms with E-state index >= 15 is 0 Å².